The van der Waals surface area contributed by atoms with E-state index in [0.29, 0.717) is 6.42 Å². The Hall–Kier alpha value is -2.69. The van der Waals surface area contributed by atoms with E-state index in [1.807, 2.05) is 30.0 Å². The summed E-state index contributed by atoms with van der Waals surface area (Å²) in [7, 11) is 0. The standard InChI is InChI=1S/C22H23FN2O2/c1-14(15-4-6-18(23)7-5-15)12-21(26)24-19-8-9-20-17(13-19)10-11-25(20)22(27)16-2-3-16/h4-9,13-14,16H,2-3,10-12H2,1H3,(H,24,26). The van der Waals surface area contributed by atoms with Crippen molar-refractivity contribution in [1.29, 1.82) is 0 Å². The topological polar surface area (TPSA) is 49.4 Å². The molecule has 0 spiro atoms. The van der Waals surface area contributed by atoms with Crippen LogP contribution in [0.1, 0.15) is 43.2 Å². The van der Waals surface area contributed by atoms with E-state index in [1.165, 1.54) is 12.1 Å². The highest BCUT2D eigenvalue weighted by Gasteiger charge is 2.36. The number of carbonyl (C=O) groups excluding carboxylic acids is 2. The fraction of sp³-hybridized carbons (Fsp3) is 0.364. The third-order valence-corrected chi connectivity index (χ3v) is 5.38. The van der Waals surface area contributed by atoms with Gasteiger partial charge in [0.25, 0.3) is 0 Å². The Labute approximate surface area is 158 Å². The van der Waals surface area contributed by atoms with Crippen LogP contribution < -0.4 is 10.2 Å². The third-order valence-electron chi connectivity index (χ3n) is 5.38. The van der Waals surface area contributed by atoms with Gasteiger partial charge in [0, 0.05) is 30.3 Å². The summed E-state index contributed by atoms with van der Waals surface area (Å²) < 4.78 is 13.0. The lowest BCUT2D eigenvalue weighted by molar-refractivity contribution is -0.119. The molecule has 1 N–H and O–H groups in total. The summed E-state index contributed by atoms with van der Waals surface area (Å²) in [6.45, 7) is 2.68. The average Bonchev–Trinajstić information content (AvgIpc) is 3.41. The van der Waals surface area contributed by atoms with Gasteiger partial charge in [0.15, 0.2) is 0 Å². The Bertz CT molecular complexity index is 874. The maximum Gasteiger partial charge on any atom is 0.230 e. The van der Waals surface area contributed by atoms with Crippen molar-refractivity contribution in [2.24, 2.45) is 5.92 Å². The van der Waals surface area contributed by atoms with E-state index < -0.39 is 0 Å². The van der Waals surface area contributed by atoms with Crippen LogP contribution in [-0.2, 0) is 16.0 Å². The molecule has 2 aromatic rings. The van der Waals surface area contributed by atoms with E-state index in [-0.39, 0.29) is 29.5 Å². The average molecular weight is 366 g/mol. The van der Waals surface area contributed by atoms with Gasteiger partial charge in [-0.05, 0) is 66.6 Å². The van der Waals surface area contributed by atoms with Crippen LogP contribution in [0.3, 0.4) is 0 Å². The molecule has 4 nitrogen and oxygen atoms in total. The number of nitrogens with zero attached hydrogens (tertiary/aromatic N) is 1. The Balaban J connectivity index is 1.39. The Morgan fingerprint density at radius 2 is 1.93 bits per heavy atom. The van der Waals surface area contributed by atoms with Crippen molar-refractivity contribution < 1.29 is 14.0 Å². The van der Waals surface area contributed by atoms with Crippen LogP contribution in [0.25, 0.3) is 0 Å². The lowest BCUT2D eigenvalue weighted by Gasteiger charge is -2.17. The molecule has 0 aromatic heterocycles. The summed E-state index contributed by atoms with van der Waals surface area (Å²) in [6, 6.07) is 12.0. The molecule has 2 aliphatic rings. The summed E-state index contributed by atoms with van der Waals surface area (Å²) >= 11 is 0. The summed E-state index contributed by atoms with van der Waals surface area (Å²) in [6.07, 6.45) is 3.16. The summed E-state index contributed by atoms with van der Waals surface area (Å²) in [4.78, 5) is 26.6. The van der Waals surface area contributed by atoms with Gasteiger partial charge in [-0.3, -0.25) is 9.59 Å². The van der Waals surface area contributed by atoms with Gasteiger partial charge in [-0.1, -0.05) is 19.1 Å². The van der Waals surface area contributed by atoms with Crippen LogP contribution in [-0.4, -0.2) is 18.4 Å². The van der Waals surface area contributed by atoms with Crippen LogP contribution in [0.5, 0.6) is 0 Å². The molecule has 0 bridgehead atoms. The molecular weight excluding hydrogens is 343 g/mol. The molecule has 5 heteroatoms. The lowest BCUT2D eigenvalue weighted by atomic mass is 9.97. The molecule has 2 aromatic carbocycles. The molecule has 140 valence electrons. The highest BCUT2D eigenvalue weighted by molar-refractivity contribution is 5.99. The maximum absolute atomic E-state index is 13.0. The molecule has 0 saturated heterocycles. The van der Waals surface area contributed by atoms with E-state index in [4.69, 9.17) is 0 Å². The Kier molecular flexibility index (Phi) is 4.68. The first-order chi connectivity index (χ1) is 13.0. The van der Waals surface area contributed by atoms with E-state index in [1.54, 1.807) is 12.1 Å². The van der Waals surface area contributed by atoms with Crippen LogP contribution in [0.4, 0.5) is 15.8 Å². The van der Waals surface area contributed by atoms with Gasteiger partial charge < -0.3 is 10.2 Å². The Morgan fingerprint density at radius 1 is 1.19 bits per heavy atom. The highest BCUT2D eigenvalue weighted by Crippen LogP contribution is 2.37. The molecule has 4 rings (SSSR count). The molecule has 1 saturated carbocycles. The predicted octanol–water partition coefficient (Wildman–Crippen LogP) is 4.26. The smallest absolute Gasteiger partial charge is 0.230 e. The monoisotopic (exact) mass is 366 g/mol. The van der Waals surface area contributed by atoms with Crippen LogP contribution in [0.2, 0.25) is 0 Å². The minimum absolute atomic E-state index is 0.00619. The fourth-order valence-electron chi connectivity index (χ4n) is 3.66. The number of amides is 2. The number of nitrogens with one attached hydrogen (secondary N) is 1. The van der Waals surface area contributed by atoms with E-state index >= 15 is 0 Å². The molecule has 27 heavy (non-hydrogen) atoms. The molecule has 1 aliphatic heterocycles. The van der Waals surface area contributed by atoms with Crippen molar-refractivity contribution in [3.63, 3.8) is 0 Å². The zero-order valence-corrected chi connectivity index (χ0v) is 15.4. The first-order valence-electron chi connectivity index (χ1n) is 9.51. The minimum atomic E-state index is -0.275. The Morgan fingerprint density at radius 3 is 2.63 bits per heavy atom. The van der Waals surface area contributed by atoms with Crippen molar-refractivity contribution in [3.05, 3.63) is 59.4 Å². The second-order valence-corrected chi connectivity index (χ2v) is 7.56. The maximum atomic E-state index is 13.0. The van der Waals surface area contributed by atoms with Gasteiger partial charge in [0.05, 0.1) is 0 Å². The zero-order valence-electron chi connectivity index (χ0n) is 15.4. The number of anilines is 2. The molecule has 1 heterocycles. The van der Waals surface area contributed by atoms with Crippen LogP contribution in [0.15, 0.2) is 42.5 Å². The minimum Gasteiger partial charge on any atom is -0.326 e. The van der Waals surface area contributed by atoms with E-state index in [2.05, 4.69) is 5.32 Å². The second kappa shape index (κ2) is 7.14. The van der Waals surface area contributed by atoms with Gasteiger partial charge >= 0.3 is 0 Å². The normalized spacial score (nSPS) is 16.7. The largest absolute Gasteiger partial charge is 0.326 e. The van der Waals surface area contributed by atoms with Crippen molar-refractivity contribution in [3.8, 4) is 0 Å². The first kappa shape index (κ1) is 17.7. The second-order valence-electron chi connectivity index (χ2n) is 7.56. The highest BCUT2D eigenvalue weighted by atomic mass is 19.1. The zero-order chi connectivity index (χ0) is 19.0. The number of halogens is 1. The van der Waals surface area contributed by atoms with Gasteiger partial charge in [-0.2, -0.15) is 0 Å². The SMILES string of the molecule is CC(CC(=O)Nc1ccc2c(c1)CCN2C(=O)C1CC1)c1ccc(F)cc1. The molecule has 2 amide bonds. The number of hydrogen-bond acceptors (Lipinski definition) is 2. The molecule has 1 fully saturated rings. The van der Waals surface area contributed by atoms with Crippen molar-refractivity contribution in [1.82, 2.24) is 0 Å². The number of hydrogen-bond donors (Lipinski definition) is 1. The molecule has 1 aliphatic carbocycles. The summed E-state index contributed by atoms with van der Waals surface area (Å²) in [5.41, 5.74) is 3.78. The van der Waals surface area contributed by atoms with E-state index in [0.717, 1.165) is 48.3 Å². The number of carbonyl (C=O) groups is 2. The molecule has 1 atom stereocenters. The third kappa shape index (κ3) is 3.87. The van der Waals surface area contributed by atoms with Gasteiger partial charge in [-0.15, -0.1) is 0 Å². The number of fused-ring (bicyclic) bond motifs is 1. The van der Waals surface area contributed by atoms with E-state index in [9.17, 15) is 14.0 Å². The predicted molar refractivity (Wildman–Crippen MR) is 103 cm³/mol. The molecular formula is C22H23FN2O2. The number of rotatable bonds is 5. The van der Waals surface area contributed by atoms with Gasteiger partial charge in [0.1, 0.15) is 5.82 Å². The van der Waals surface area contributed by atoms with Gasteiger partial charge in [-0.25, -0.2) is 4.39 Å². The lowest BCUT2D eigenvalue weighted by Crippen LogP contribution is -2.30. The first-order valence-corrected chi connectivity index (χ1v) is 9.51. The molecule has 0 radical (unpaired) electrons. The fourth-order valence-corrected chi connectivity index (χ4v) is 3.66. The number of benzene rings is 2. The van der Waals surface area contributed by atoms with Crippen molar-refractivity contribution in [2.75, 3.05) is 16.8 Å². The van der Waals surface area contributed by atoms with Crippen LogP contribution in [0, 0.1) is 11.7 Å². The summed E-state index contributed by atoms with van der Waals surface area (Å²) in [5, 5.41) is 2.95. The quantitative estimate of drug-likeness (QED) is 0.860. The van der Waals surface area contributed by atoms with Gasteiger partial charge in [0.2, 0.25) is 11.8 Å². The van der Waals surface area contributed by atoms with Crippen molar-refractivity contribution >= 4 is 23.2 Å². The summed E-state index contributed by atoms with van der Waals surface area (Å²) in [5.74, 6) is 0.104. The molecule has 1 unspecified atom stereocenters. The van der Waals surface area contributed by atoms with Crippen LogP contribution >= 0.6 is 0 Å². The van der Waals surface area contributed by atoms with Crippen molar-refractivity contribution in [2.45, 2.75) is 38.5 Å².